The van der Waals surface area contributed by atoms with Gasteiger partial charge in [0.15, 0.2) is 0 Å². The standard InChI is InChI=1S/C7H12N4/c1-7(2)3-4-9-11-6-8-5-10-11/h4-7H,3H2,1-2H3/b9-4+. The van der Waals surface area contributed by atoms with Crippen LogP contribution in [0.1, 0.15) is 20.3 Å². The normalized spacial score (nSPS) is 11.5. The summed E-state index contributed by atoms with van der Waals surface area (Å²) in [4.78, 5) is 5.20. The highest BCUT2D eigenvalue weighted by Crippen LogP contribution is 1.94. The van der Waals surface area contributed by atoms with Crippen molar-refractivity contribution in [2.45, 2.75) is 20.3 Å². The van der Waals surface area contributed by atoms with Crippen LogP contribution < -0.4 is 0 Å². The molecule has 11 heavy (non-hydrogen) atoms. The molecule has 4 nitrogen and oxygen atoms in total. The van der Waals surface area contributed by atoms with Gasteiger partial charge in [0.25, 0.3) is 0 Å². The lowest BCUT2D eigenvalue weighted by Gasteiger charge is -1.94. The van der Waals surface area contributed by atoms with Gasteiger partial charge in [-0.2, -0.15) is 5.10 Å². The first-order chi connectivity index (χ1) is 5.29. The Morgan fingerprint density at radius 2 is 2.45 bits per heavy atom. The maximum Gasteiger partial charge on any atom is 0.139 e. The summed E-state index contributed by atoms with van der Waals surface area (Å²) < 4.78 is 0. The molecule has 0 radical (unpaired) electrons. The van der Waals surface area contributed by atoms with Gasteiger partial charge in [-0.1, -0.05) is 13.8 Å². The van der Waals surface area contributed by atoms with Crippen molar-refractivity contribution in [1.29, 1.82) is 0 Å². The molecule has 0 saturated heterocycles. The number of hydrogen-bond acceptors (Lipinski definition) is 3. The Kier molecular flexibility index (Phi) is 2.77. The zero-order valence-electron chi connectivity index (χ0n) is 6.81. The van der Waals surface area contributed by atoms with Gasteiger partial charge in [-0.25, -0.2) is 4.98 Å². The lowest BCUT2D eigenvalue weighted by Crippen LogP contribution is -1.92. The zero-order valence-corrected chi connectivity index (χ0v) is 6.81. The summed E-state index contributed by atoms with van der Waals surface area (Å²) in [7, 11) is 0. The Balaban J connectivity index is 2.37. The second-order valence-corrected chi connectivity index (χ2v) is 2.74. The lowest BCUT2D eigenvalue weighted by atomic mass is 10.2. The Hall–Kier alpha value is -1.19. The van der Waals surface area contributed by atoms with Crippen LogP contribution in [-0.4, -0.2) is 21.1 Å². The SMILES string of the molecule is CC(C)C/C=N/n1cncn1. The van der Waals surface area contributed by atoms with Gasteiger partial charge in [0, 0.05) is 6.21 Å². The molecule has 0 saturated carbocycles. The van der Waals surface area contributed by atoms with Crippen molar-refractivity contribution in [3.05, 3.63) is 12.7 Å². The molecule has 4 heteroatoms. The van der Waals surface area contributed by atoms with Crippen molar-refractivity contribution < 1.29 is 0 Å². The summed E-state index contributed by atoms with van der Waals surface area (Å²) in [5.41, 5.74) is 0. The maximum atomic E-state index is 4.02. The van der Waals surface area contributed by atoms with E-state index in [2.05, 4.69) is 29.0 Å². The minimum atomic E-state index is 0.641. The molecule has 0 aliphatic carbocycles. The average molecular weight is 152 g/mol. The fraction of sp³-hybridized carbons (Fsp3) is 0.571. The Morgan fingerprint density at radius 1 is 1.64 bits per heavy atom. The van der Waals surface area contributed by atoms with E-state index in [9.17, 15) is 0 Å². The molecule has 60 valence electrons. The third-order valence-corrected chi connectivity index (χ3v) is 1.18. The predicted molar refractivity (Wildman–Crippen MR) is 43.4 cm³/mol. The van der Waals surface area contributed by atoms with Crippen molar-refractivity contribution in [3.8, 4) is 0 Å². The smallest absolute Gasteiger partial charge is 0.139 e. The van der Waals surface area contributed by atoms with Crippen molar-refractivity contribution in [2.24, 2.45) is 11.0 Å². The summed E-state index contributed by atoms with van der Waals surface area (Å²) >= 11 is 0. The van der Waals surface area contributed by atoms with Crippen LogP contribution in [0, 0.1) is 5.92 Å². The van der Waals surface area contributed by atoms with E-state index in [1.165, 1.54) is 11.1 Å². The number of aromatic nitrogens is 3. The molecular weight excluding hydrogens is 140 g/mol. The monoisotopic (exact) mass is 152 g/mol. The molecule has 1 rings (SSSR count). The summed E-state index contributed by atoms with van der Waals surface area (Å²) in [6, 6.07) is 0. The molecule has 0 N–H and O–H groups in total. The van der Waals surface area contributed by atoms with E-state index in [4.69, 9.17) is 0 Å². The van der Waals surface area contributed by atoms with Crippen LogP contribution in [0.5, 0.6) is 0 Å². The van der Waals surface area contributed by atoms with E-state index < -0.39 is 0 Å². The Labute approximate surface area is 65.9 Å². The highest BCUT2D eigenvalue weighted by atomic mass is 15.5. The van der Waals surface area contributed by atoms with Gasteiger partial charge in [0.05, 0.1) is 0 Å². The van der Waals surface area contributed by atoms with Crippen molar-refractivity contribution in [2.75, 3.05) is 0 Å². The minimum absolute atomic E-state index is 0.641. The maximum absolute atomic E-state index is 4.02. The summed E-state index contributed by atoms with van der Waals surface area (Å²) in [5.74, 6) is 0.641. The first-order valence-corrected chi connectivity index (χ1v) is 3.66. The fourth-order valence-electron chi connectivity index (χ4n) is 0.603. The molecule has 0 fully saturated rings. The zero-order chi connectivity index (χ0) is 8.10. The summed E-state index contributed by atoms with van der Waals surface area (Å²) in [6.07, 6.45) is 5.85. The molecule has 0 spiro atoms. The quantitative estimate of drug-likeness (QED) is 0.610. The number of hydrogen-bond donors (Lipinski definition) is 0. The Morgan fingerprint density at radius 3 is 3.00 bits per heavy atom. The second kappa shape index (κ2) is 3.85. The first-order valence-electron chi connectivity index (χ1n) is 3.66. The van der Waals surface area contributed by atoms with Gasteiger partial charge in [-0.3, -0.25) is 0 Å². The number of rotatable bonds is 3. The van der Waals surface area contributed by atoms with E-state index in [1.807, 2.05) is 6.21 Å². The van der Waals surface area contributed by atoms with Gasteiger partial charge in [-0.15, -0.1) is 9.89 Å². The highest BCUT2D eigenvalue weighted by Gasteiger charge is 1.88. The third-order valence-electron chi connectivity index (χ3n) is 1.18. The van der Waals surface area contributed by atoms with Crippen molar-refractivity contribution in [3.63, 3.8) is 0 Å². The van der Waals surface area contributed by atoms with Crippen LogP contribution in [-0.2, 0) is 0 Å². The average Bonchev–Trinajstić information content (AvgIpc) is 2.39. The van der Waals surface area contributed by atoms with Crippen LogP contribution in [0.25, 0.3) is 0 Å². The molecule has 0 amide bonds. The van der Waals surface area contributed by atoms with Crippen LogP contribution in [0.4, 0.5) is 0 Å². The van der Waals surface area contributed by atoms with Gasteiger partial charge in [-0.05, 0) is 12.3 Å². The summed E-state index contributed by atoms with van der Waals surface area (Å²) in [6.45, 7) is 4.29. The largest absolute Gasteiger partial charge is 0.221 e. The molecule has 0 unspecified atom stereocenters. The van der Waals surface area contributed by atoms with Crippen LogP contribution in [0.2, 0.25) is 0 Å². The van der Waals surface area contributed by atoms with E-state index in [0.717, 1.165) is 6.42 Å². The van der Waals surface area contributed by atoms with Crippen LogP contribution in [0.15, 0.2) is 17.8 Å². The van der Waals surface area contributed by atoms with Crippen LogP contribution in [0.3, 0.4) is 0 Å². The third kappa shape index (κ3) is 2.93. The van der Waals surface area contributed by atoms with Crippen molar-refractivity contribution in [1.82, 2.24) is 14.9 Å². The molecule has 1 aromatic rings. The van der Waals surface area contributed by atoms with E-state index in [1.54, 1.807) is 6.33 Å². The first kappa shape index (κ1) is 7.91. The molecule has 0 aromatic carbocycles. The highest BCUT2D eigenvalue weighted by molar-refractivity contribution is 5.56. The number of nitrogens with zero attached hydrogens (tertiary/aromatic N) is 4. The van der Waals surface area contributed by atoms with Gasteiger partial charge < -0.3 is 0 Å². The van der Waals surface area contributed by atoms with Crippen molar-refractivity contribution >= 4 is 6.21 Å². The molecule has 0 bridgehead atoms. The summed E-state index contributed by atoms with van der Waals surface area (Å²) in [5, 5.41) is 7.85. The fourth-order valence-corrected chi connectivity index (χ4v) is 0.603. The second-order valence-electron chi connectivity index (χ2n) is 2.74. The molecule has 1 heterocycles. The molecular formula is C7H12N4. The van der Waals surface area contributed by atoms with Gasteiger partial charge >= 0.3 is 0 Å². The van der Waals surface area contributed by atoms with Gasteiger partial charge in [0.1, 0.15) is 12.7 Å². The topological polar surface area (TPSA) is 43.1 Å². The van der Waals surface area contributed by atoms with Crippen LogP contribution >= 0.6 is 0 Å². The molecule has 0 aliphatic rings. The molecule has 0 atom stereocenters. The molecule has 1 aromatic heterocycles. The van der Waals surface area contributed by atoms with E-state index in [-0.39, 0.29) is 0 Å². The van der Waals surface area contributed by atoms with E-state index >= 15 is 0 Å². The lowest BCUT2D eigenvalue weighted by molar-refractivity contribution is 0.676. The minimum Gasteiger partial charge on any atom is -0.221 e. The van der Waals surface area contributed by atoms with E-state index in [0.29, 0.717) is 5.92 Å². The van der Waals surface area contributed by atoms with Gasteiger partial charge in [0.2, 0.25) is 0 Å². The predicted octanol–water partition coefficient (Wildman–Crippen LogP) is 1.16. The molecule has 0 aliphatic heterocycles. The Bertz CT molecular complexity index is 212.